The lowest BCUT2D eigenvalue weighted by Crippen LogP contribution is -2.52. The van der Waals surface area contributed by atoms with Crippen molar-refractivity contribution in [2.24, 2.45) is 0 Å². The van der Waals surface area contributed by atoms with Gasteiger partial charge in [0.15, 0.2) is 10.7 Å². The number of nitrogens with zero attached hydrogens (tertiary/aromatic N) is 4. The summed E-state index contributed by atoms with van der Waals surface area (Å²) in [7, 11) is -4.11. The molecular formula is C24H27FN4O4S. The largest absolute Gasteiger partial charge is 0.366 e. The topological polar surface area (TPSA) is 87.0 Å². The molecule has 0 saturated carbocycles. The number of aryl methyl sites for hydroxylation is 3. The normalized spacial score (nSPS) is 14.4. The zero-order valence-corrected chi connectivity index (χ0v) is 20.2. The highest BCUT2D eigenvalue weighted by atomic mass is 32.2. The number of anilines is 2. The molecule has 1 fully saturated rings. The van der Waals surface area contributed by atoms with Gasteiger partial charge in [-0.05, 0) is 45.0 Å². The van der Waals surface area contributed by atoms with E-state index in [-0.39, 0.29) is 34.6 Å². The van der Waals surface area contributed by atoms with E-state index in [4.69, 9.17) is 4.52 Å². The fraction of sp³-hybridized carbons (Fsp3) is 0.333. The van der Waals surface area contributed by atoms with E-state index in [0.29, 0.717) is 37.6 Å². The summed E-state index contributed by atoms with van der Waals surface area (Å²) in [5, 5.41) is 3.77. The summed E-state index contributed by atoms with van der Waals surface area (Å²) >= 11 is 0. The Labute approximate surface area is 198 Å². The van der Waals surface area contributed by atoms with Crippen LogP contribution in [-0.4, -0.2) is 57.1 Å². The van der Waals surface area contributed by atoms with Crippen LogP contribution in [-0.2, 0) is 14.8 Å². The molecule has 1 saturated heterocycles. The van der Waals surface area contributed by atoms with Gasteiger partial charge in [-0.25, -0.2) is 12.8 Å². The zero-order chi connectivity index (χ0) is 24.5. The summed E-state index contributed by atoms with van der Waals surface area (Å²) in [6.07, 6.45) is 0. The number of para-hydroxylation sites is 1. The minimum atomic E-state index is -4.11. The van der Waals surface area contributed by atoms with Gasteiger partial charge in [-0.1, -0.05) is 35.0 Å². The number of sulfonamides is 1. The molecule has 4 rings (SSSR count). The summed E-state index contributed by atoms with van der Waals surface area (Å²) in [6, 6.07) is 13.5. The van der Waals surface area contributed by atoms with Gasteiger partial charge in [0, 0.05) is 26.2 Å². The molecule has 0 unspecified atom stereocenters. The first-order chi connectivity index (χ1) is 16.2. The fourth-order valence-electron chi connectivity index (χ4n) is 4.11. The van der Waals surface area contributed by atoms with Gasteiger partial charge in [-0.2, -0.15) is 0 Å². The van der Waals surface area contributed by atoms with Crippen LogP contribution in [0.2, 0.25) is 0 Å². The van der Waals surface area contributed by atoms with Crippen LogP contribution < -0.4 is 9.21 Å². The van der Waals surface area contributed by atoms with Crippen molar-refractivity contribution in [2.75, 3.05) is 41.9 Å². The van der Waals surface area contributed by atoms with Gasteiger partial charge in [-0.15, -0.1) is 0 Å². The van der Waals surface area contributed by atoms with E-state index in [9.17, 15) is 17.6 Å². The molecule has 10 heteroatoms. The molecule has 1 amide bonds. The van der Waals surface area contributed by atoms with Gasteiger partial charge in [0.05, 0.1) is 11.4 Å². The minimum absolute atomic E-state index is 0.0368. The second-order valence-corrected chi connectivity index (χ2v) is 10.1. The van der Waals surface area contributed by atoms with Crippen molar-refractivity contribution in [3.8, 4) is 0 Å². The maximum atomic E-state index is 14.1. The van der Waals surface area contributed by atoms with E-state index in [1.54, 1.807) is 54.3 Å². The van der Waals surface area contributed by atoms with Crippen LogP contribution in [0.5, 0.6) is 0 Å². The number of carbonyl (C=O) groups excluding carboxylic acids is 1. The summed E-state index contributed by atoms with van der Waals surface area (Å²) in [5.41, 5.74) is 2.08. The summed E-state index contributed by atoms with van der Waals surface area (Å²) in [5.74, 6) is -0.469. The SMILES string of the molecule is Cc1ccc(N(CC(=O)N2CCN(c3ccccc3F)CC2)S(=O)(=O)c2c(C)noc2C)cc1. The molecule has 8 nitrogen and oxygen atoms in total. The minimum Gasteiger partial charge on any atom is -0.366 e. The third-order valence-electron chi connectivity index (χ3n) is 5.94. The summed E-state index contributed by atoms with van der Waals surface area (Å²) in [6.45, 7) is 6.25. The lowest BCUT2D eigenvalue weighted by atomic mass is 10.2. The van der Waals surface area contributed by atoms with Crippen LogP contribution in [0.25, 0.3) is 0 Å². The number of halogens is 1. The van der Waals surface area contributed by atoms with E-state index in [2.05, 4.69) is 5.16 Å². The third-order valence-corrected chi connectivity index (χ3v) is 7.96. The van der Waals surface area contributed by atoms with Gasteiger partial charge in [0.1, 0.15) is 18.1 Å². The molecule has 0 bridgehead atoms. The molecule has 1 aliphatic heterocycles. The average Bonchev–Trinajstić information content (AvgIpc) is 3.17. The van der Waals surface area contributed by atoms with Crippen LogP contribution in [0.3, 0.4) is 0 Å². The number of benzene rings is 2. The monoisotopic (exact) mass is 486 g/mol. The van der Waals surface area contributed by atoms with Crippen LogP contribution >= 0.6 is 0 Å². The Morgan fingerprint density at radius 2 is 1.68 bits per heavy atom. The lowest BCUT2D eigenvalue weighted by Gasteiger charge is -2.37. The predicted molar refractivity (Wildman–Crippen MR) is 127 cm³/mol. The van der Waals surface area contributed by atoms with Crippen LogP contribution in [0.4, 0.5) is 15.8 Å². The lowest BCUT2D eigenvalue weighted by molar-refractivity contribution is -0.129. The van der Waals surface area contributed by atoms with E-state index in [1.807, 2.05) is 11.8 Å². The molecule has 0 aliphatic carbocycles. The van der Waals surface area contributed by atoms with Crippen molar-refractivity contribution in [1.82, 2.24) is 10.1 Å². The Morgan fingerprint density at radius 3 is 2.26 bits per heavy atom. The Morgan fingerprint density at radius 1 is 1.03 bits per heavy atom. The standard InChI is InChI=1S/C24H27FN4O4S/c1-17-8-10-20(11-9-17)29(34(31,32)24-18(2)26-33-19(24)3)16-23(30)28-14-12-27(13-15-28)22-7-5-4-6-21(22)25/h4-11H,12-16H2,1-3H3. The van der Waals surface area contributed by atoms with Crippen molar-refractivity contribution in [3.63, 3.8) is 0 Å². The number of hydrogen-bond acceptors (Lipinski definition) is 6. The molecule has 1 aliphatic rings. The smallest absolute Gasteiger partial charge is 0.270 e. The highest BCUT2D eigenvalue weighted by Gasteiger charge is 2.34. The average molecular weight is 487 g/mol. The van der Waals surface area contributed by atoms with E-state index in [0.717, 1.165) is 9.87 Å². The quantitative estimate of drug-likeness (QED) is 0.532. The maximum Gasteiger partial charge on any atom is 0.270 e. The molecule has 180 valence electrons. The second kappa shape index (κ2) is 9.46. The van der Waals surface area contributed by atoms with E-state index < -0.39 is 10.0 Å². The van der Waals surface area contributed by atoms with Crippen LogP contribution in [0, 0.1) is 26.6 Å². The van der Waals surface area contributed by atoms with Gasteiger partial charge in [-0.3, -0.25) is 9.10 Å². The Balaban J connectivity index is 1.56. The predicted octanol–water partition coefficient (Wildman–Crippen LogP) is 3.28. The highest BCUT2D eigenvalue weighted by Crippen LogP contribution is 2.28. The fourth-order valence-corrected chi connectivity index (χ4v) is 5.82. The molecule has 2 heterocycles. The Bertz CT molecular complexity index is 1260. The maximum absolute atomic E-state index is 14.1. The number of hydrogen-bond donors (Lipinski definition) is 0. The molecule has 0 atom stereocenters. The van der Waals surface area contributed by atoms with Gasteiger partial charge >= 0.3 is 0 Å². The number of rotatable bonds is 6. The molecule has 0 radical (unpaired) electrons. The summed E-state index contributed by atoms with van der Waals surface area (Å²) < 4.78 is 47.6. The molecule has 3 aromatic rings. The van der Waals surface area contributed by atoms with Gasteiger partial charge < -0.3 is 14.3 Å². The van der Waals surface area contributed by atoms with Gasteiger partial charge in [0.25, 0.3) is 10.0 Å². The summed E-state index contributed by atoms with van der Waals surface area (Å²) in [4.78, 5) is 16.7. The first kappa shape index (κ1) is 23.7. The Hall–Kier alpha value is -3.40. The van der Waals surface area contributed by atoms with Crippen molar-refractivity contribution >= 4 is 27.3 Å². The van der Waals surface area contributed by atoms with Crippen LogP contribution in [0.1, 0.15) is 17.0 Å². The molecule has 1 aromatic heterocycles. The van der Waals surface area contributed by atoms with Crippen molar-refractivity contribution in [2.45, 2.75) is 25.7 Å². The first-order valence-electron chi connectivity index (χ1n) is 11.0. The van der Waals surface area contributed by atoms with E-state index in [1.165, 1.54) is 13.0 Å². The third kappa shape index (κ3) is 4.63. The Kier molecular flexibility index (Phi) is 6.60. The highest BCUT2D eigenvalue weighted by molar-refractivity contribution is 7.93. The van der Waals surface area contributed by atoms with Crippen molar-refractivity contribution in [3.05, 3.63) is 71.4 Å². The van der Waals surface area contributed by atoms with Crippen LogP contribution in [0.15, 0.2) is 57.9 Å². The second-order valence-electron chi connectivity index (χ2n) is 8.32. The van der Waals surface area contributed by atoms with E-state index >= 15 is 0 Å². The zero-order valence-electron chi connectivity index (χ0n) is 19.4. The number of carbonyl (C=O) groups is 1. The number of amides is 1. The molecule has 34 heavy (non-hydrogen) atoms. The molecule has 0 spiro atoms. The van der Waals surface area contributed by atoms with Crippen molar-refractivity contribution < 1.29 is 22.1 Å². The van der Waals surface area contributed by atoms with Gasteiger partial charge in [0.2, 0.25) is 5.91 Å². The molecular weight excluding hydrogens is 459 g/mol. The van der Waals surface area contributed by atoms with Crippen molar-refractivity contribution in [1.29, 1.82) is 0 Å². The molecule has 0 N–H and O–H groups in total. The number of piperazine rings is 1. The molecule has 2 aromatic carbocycles. The first-order valence-corrected chi connectivity index (χ1v) is 12.4. The number of aromatic nitrogens is 1.